The number of carbonyl (C=O) groups is 1. The fraction of sp³-hybridized carbons (Fsp3) is 0.357. The van der Waals surface area contributed by atoms with Crippen LogP contribution < -0.4 is 0 Å². The molecule has 17 heavy (non-hydrogen) atoms. The Morgan fingerprint density at radius 1 is 1.41 bits per heavy atom. The van der Waals surface area contributed by atoms with Crippen LogP contribution in [0.25, 0.3) is 0 Å². The number of hydrogen-bond donors (Lipinski definition) is 1. The van der Waals surface area contributed by atoms with Gasteiger partial charge >= 0.3 is 5.97 Å². The van der Waals surface area contributed by atoms with Gasteiger partial charge in [-0.2, -0.15) is 0 Å². The molecule has 1 rings (SSSR count). The molecule has 0 fully saturated rings. The van der Waals surface area contributed by atoms with Crippen LogP contribution in [-0.2, 0) is 9.53 Å². The van der Waals surface area contributed by atoms with E-state index >= 15 is 0 Å². The van der Waals surface area contributed by atoms with Gasteiger partial charge in [0.25, 0.3) is 0 Å². The summed E-state index contributed by atoms with van der Waals surface area (Å²) in [6, 6.07) is 7.68. The van der Waals surface area contributed by atoms with Crippen molar-refractivity contribution in [2.75, 3.05) is 6.61 Å². The highest BCUT2D eigenvalue weighted by Gasteiger charge is 2.04. The molecule has 0 heterocycles. The summed E-state index contributed by atoms with van der Waals surface area (Å²) in [6.45, 7) is 4.12. The average Bonchev–Trinajstić information content (AvgIpc) is 2.30. The Hall–Kier alpha value is -1.61. The van der Waals surface area contributed by atoms with Gasteiger partial charge in [0.2, 0.25) is 0 Å². The van der Waals surface area contributed by atoms with E-state index in [-0.39, 0.29) is 5.97 Å². The summed E-state index contributed by atoms with van der Waals surface area (Å²) in [5.74, 6) is -0.372. The van der Waals surface area contributed by atoms with Crippen molar-refractivity contribution in [2.24, 2.45) is 0 Å². The van der Waals surface area contributed by atoms with E-state index in [1.54, 1.807) is 13.0 Å². The van der Waals surface area contributed by atoms with E-state index in [2.05, 4.69) is 0 Å². The molecule has 1 aromatic rings. The van der Waals surface area contributed by atoms with Crippen LogP contribution >= 0.6 is 0 Å². The molecule has 1 aromatic carbocycles. The molecule has 0 saturated heterocycles. The first-order valence-corrected chi connectivity index (χ1v) is 5.71. The number of hydrogen-bond acceptors (Lipinski definition) is 3. The Labute approximate surface area is 102 Å². The Kier molecular flexibility index (Phi) is 5.43. The highest BCUT2D eigenvalue weighted by molar-refractivity contribution is 5.81. The highest BCUT2D eigenvalue weighted by atomic mass is 16.5. The summed E-state index contributed by atoms with van der Waals surface area (Å²) >= 11 is 0. The zero-order valence-electron chi connectivity index (χ0n) is 10.2. The number of aliphatic hydroxyl groups is 1. The molecule has 1 N–H and O–H groups in total. The molecule has 1 unspecified atom stereocenters. The molecule has 0 aliphatic rings. The van der Waals surface area contributed by atoms with E-state index in [4.69, 9.17) is 4.74 Å². The first kappa shape index (κ1) is 13.5. The molecule has 0 radical (unpaired) electrons. The molecular formula is C14H18O3. The van der Waals surface area contributed by atoms with Gasteiger partial charge in [0, 0.05) is 6.08 Å². The van der Waals surface area contributed by atoms with Gasteiger partial charge in [-0.25, -0.2) is 4.79 Å². The number of ether oxygens (including phenoxy) is 1. The maximum absolute atomic E-state index is 11.0. The van der Waals surface area contributed by atoms with Gasteiger partial charge in [-0.1, -0.05) is 35.9 Å². The van der Waals surface area contributed by atoms with Crippen LogP contribution in [0.2, 0.25) is 0 Å². The van der Waals surface area contributed by atoms with Crippen molar-refractivity contribution in [1.82, 2.24) is 0 Å². The monoisotopic (exact) mass is 234 g/mol. The minimum atomic E-state index is -0.582. The van der Waals surface area contributed by atoms with Crippen LogP contribution in [0.3, 0.4) is 0 Å². The number of esters is 1. The average molecular weight is 234 g/mol. The molecule has 0 bridgehead atoms. The van der Waals surface area contributed by atoms with Gasteiger partial charge in [-0.05, 0) is 25.8 Å². The van der Waals surface area contributed by atoms with Gasteiger partial charge in [-0.3, -0.25) is 0 Å². The Morgan fingerprint density at radius 3 is 2.65 bits per heavy atom. The minimum Gasteiger partial charge on any atom is -0.463 e. The lowest BCUT2D eigenvalue weighted by Gasteiger charge is -2.08. The van der Waals surface area contributed by atoms with E-state index in [0.717, 1.165) is 11.1 Å². The molecule has 0 aliphatic heterocycles. The van der Waals surface area contributed by atoms with Gasteiger partial charge in [-0.15, -0.1) is 0 Å². The first-order chi connectivity index (χ1) is 8.13. The van der Waals surface area contributed by atoms with Crippen molar-refractivity contribution in [1.29, 1.82) is 0 Å². The van der Waals surface area contributed by atoms with Crippen molar-refractivity contribution >= 4 is 5.97 Å². The highest BCUT2D eigenvalue weighted by Crippen LogP contribution is 2.17. The standard InChI is InChI=1S/C14H18O3/c1-3-17-14(16)6-4-5-13(15)12-9-7-11(2)8-10-12/h4,6-10,13,15H,3,5H2,1-2H3/b6-4+. The molecule has 0 spiro atoms. The van der Waals surface area contributed by atoms with E-state index < -0.39 is 6.10 Å². The van der Waals surface area contributed by atoms with Crippen molar-refractivity contribution < 1.29 is 14.6 Å². The molecule has 0 amide bonds. The van der Waals surface area contributed by atoms with Crippen LogP contribution in [0, 0.1) is 6.92 Å². The fourth-order valence-corrected chi connectivity index (χ4v) is 1.41. The summed E-state index contributed by atoms with van der Waals surface area (Å²) in [5.41, 5.74) is 2.01. The van der Waals surface area contributed by atoms with Gasteiger partial charge in [0.15, 0.2) is 0 Å². The second-order valence-corrected chi connectivity index (χ2v) is 3.82. The number of rotatable bonds is 5. The summed E-state index contributed by atoms with van der Waals surface area (Å²) < 4.78 is 4.74. The number of aliphatic hydroxyl groups excluding tert-OH is 1. The van der Waals surface area contributed by atoms with Crippen molar-refractivity contribution in [2.45, 2.75) is 26.4 Å². The third kappa shape index (κ3) is 4.83. The van der Waals surface area contributed by atoms with Gasteiger partial charge in [0.05, 0.1) is 12.7 Å². The number of aryl methyl sites for hydroxylation is 1. The fourth-order valence-electron chi connectivity index (χ4n) is 1.41. The zero-order valence-corrected chi connectivity index (χ0v) is 10.2. The molecule has 0 saturated carbocycles. The maximum atomic E-state index is 11.0. The Balaban J connectivity index is 2.47. The molecular weight excluding hydrogens is 216 g/mol. The minimum absolute atomic E-state index is 0.365. The van der Waals surface area contributed by atoms with E-state index in [1.165, 1.54) is 6.08 Å². The van der Waals surface area contributed by atoms with Crippen LogP contribution in [0.1, 0.15) is 30.6 Å². The Morgan fingerprint density at radius 2 is 2.06 bits per heavy atom. The van der Waals surface area contributed by atoms with Gasteiger partial charge < -0.3 is 9.84 Å². The van der Waals surface area contributed by atoms with Crippen LogP contribution in [0.15, 0.2) is 36.4 Å². The first-order valence-electron chi connectivity index (χ1n) is 5.71. The van der Waals surface area contributed by atoms with E-state index in [1.807, 2.05) is 31.2 Å². The largest absolute Gasteiger partial charge is 0.463 e. The number of benzene rings is 1. The lowest BCUT2D eigenvalue weighted by Crippen LogP contribution is -2.00. The van der Waals surface area contributed by atoms with Crippen molar-refractivity contribution in [3.05, 3.63) is 47.5 Å². The Bertz CT molecular complexity index is 379. The smallest absolute Gasteiger partial charge is 0.330 e. The van der Waals surface area contributed by atoms with Crippen LogP contribution in [0.4, 0.5) is 0 Å². The predicted molar refractivity (Wildman–Crippen MR) is 66.5 cm³/mol. The van der Waals surface area contributed by atoms with Crippen LogP contribution in [-0.4, -0.2) is 17.7 Å². The molecule has 0 aliphatic carbocycles. The normalized spacial score (nSPS) is 12.6. The topological polar surface area (TPSA) is 46.5 Å². The van der Waals surface area contributed by atoms with E-state index in [9.17, 15) is 9.90 Å². The molecule has 1 atom stereocenters. The summed E-state index contributed by atoms with van der Waals surface area (Å²) in [6.07, 6.45) is 2.80. The molecule has 0 aromatic heterocycles. The number of carbonyl (C=O) groups excluding carboxylic acids is 1. The molecule has 92 valence electrons. The molecule has 3 nitrogen and oxygen atoms in total. The third-order valence-electron chi connectivity index (χ3n) is 2.36. The second kappa shape index (κ2) is 6.86. The summed E-state index contributed by atoms with van der Waals surface area (Å²) in [5, 5.41) is 9.85. The third-order valence-corrected chi connectivity index (χ3v) is 2.36. The second-order valence-electron chi connectivity index (χ2n) is 3.82. The molecule has 3 heteroatoms. The van der Waals surface area contributed by atoms with E-state index in [0.29, 0.717) is 13.0 Å². The van der Waals surface area contributed by atoms with Crippen LogP contribution in [0.5, 0.6) is 0 Å². The maximum Gasteiger partial charge on any atom is 0.330 e. The van der Waals surface area contributed by atoms with Crippen molar-refractivity contribution in [3.8, 4) is 0 Å². The van der Waals surface area contributed by atoms with Gasteiger partial charge in [0.1, 0.15) is 0 Å². The lowest BCUT2D eigenvalue weighted by molar-refractivity contribution is -0.137. The predicted octanol–water partition coefficient (Wildman–Crippen LogP) is 2.54. The SMILES string of the molecule is CCOC(=O)/C=C/CC(O)c1ccc(C)cc1. The lowest BCUT2D eigenvalue weighted by atomic mass is 10.0. The van der Waals surface area contributed by atoms with Crippen molar-refractivity contribution in [3.63, 3.8) is 0 Å². The summed E-state index contributed by atoms with van der Waals surface area (Å²) in [4.78, 5) is 11.0. The summed E-state index contributed by atoms with van der Waals surface area (Å²) in [7, 11) is 0. The zero-order chi connectivity index (χ0) is 12.7. The quantitative estimate of drug-likeness (QED) is 0.629.